The van der Waals surface area contributed by atoms with Gasteiger partial charge in [0.25, 0.3) is 0 Å². The molecule has 2 N–H and O–H groups in total. The number of nitrogens with two attached hydrogens (primary N) is 1. The monoisotopic (exact) mass is 114 g/mol. The molecule has 1 aliphatic rings. The Bertz CT molecular complexity index is 96.6. The van der Waals surface area contributed by atoms with E-state index in [2.05, 4.69) is 0 Å². The minimum absolute atomic E-state index is 0.387. The van der Waals surface area contributed by atoms with E-state index in [4.69, 9.17) is 10.5 Å². The Kier molecular flexibility index (Phi) is 1.48. The predicted molar refractivity (Wildman–Crippen MR) is 27.9 cm³/mol. The molecule has 1 amide bonds. The summed E-state index contributed by atoms with van der Waals surface area (Å²) in [4.78, 5) is 10.3. The van der Waals surface area contributed by atoms with E-state index < -0.39 is 6.10 Å². The number of hydrogen-bond acceptors (Lipinski definition) is 2. The Balaban J connectivity index is 2.35. The second-order valence-corrected chi connectivity index (χ2v) is 1.72. The predicted octanol–water partition coefficient (Wildman–Crippen LogP) is -0.535. The number of carbonyl (C=O) groups is 1. The summed E-state index contributed by atoms with van der Waals surface area (Å²) in [6.45, 7) is 0.633. The van der Waals surface area contributed by atoms with Crippen LogP contribution in [0.15, 0.2) is 0 Å². The normalized spacial score (nSPS) is 28.2. The second-order valence-electron chi connectivity index (χ2n) is 1.72. The quantitative estimate of drug-likeness (QED) is 0.498. The highest BCUT2D eigenvalue weighted by Gasteiger charge is 2.20. The zero-order chi connectivity index (χ0) is 5.98. The maximum Gasteiger partial charge on any atom is 0.246 e. The molecule has 3 heteroatoms. The fraction of sp³-hybridized carbons (Fsp3) is 0.600. The molecule has 0 saturated carbocycles. The van der Waals surface area contributed by atoms with Gasteiger partial charge in [0.05, 0.1) is 0 Å². The molecule has 1 saturated heterocycles. The van der Waals surface area contributed by atoms with Crippen LogP contribution in [0.3, 0.4) is 0 Å². The molecule has 1 atom stereocenters. The molecule has 1 heterocycles. The summed E-state index contributed by atoms with van der Waals surface area (Å²) < 4.78 is 4.88. The Hall–Kier alpha value is -0.570. The fourth-order valence-corrected chi connectivity index (χ4v) is 0.681. The smallest absolute Gasteiger partial charge is 0.246 e. The van der Waals surface area contributed by atoms with Crippen LogP contribution < -0.4 is 5.73 Å². The summed E-state index contributed by atoms with van der Waals surface area (Å²) in [5, 5.41) is 0. The van der Waals surface area contributed by atoms with Crippen LogP contribution in [0.2, 0.25) is 0 Å². The number of ether oxygens (including phenoxy) is 1. The summed E-state index contributed by atoms with van der Waals surface area (Å²) in [5.41, 5.74) is 4.90. The molecule has 3 nitrogen and oxygen atoms in total. The molecule has 8 heavy (non-hydrogen) atoms. The van der Waals surface area contributed by atoms with Crippen LogP contribution in [-0.2, 0) is 9.53 Å². The van der Waals surface area contributed by atoms with Crippen molar-refractivity contribution in [3.63, 3.8) is 0 Å². The molecule has 45 valence electrons. The lowest BCUT2D eigenvalue weighted by atomic mass is 10.2. The summed E-state index contributed by atoms with van der Waals surface area (Å²) in [5.74, 6) is -0.387. The number of hydrogen-bond donors (Lipinski definition) is 1. The highest BCUT2D eigenvalue weighted by molar-refractivity contribution is 5.80. The van der Waals surface area contributed by atoms with Crippen LogP contribution in [0.25, 0.3) is 0 Å². The zero-order valence-corrected chi connectivity index (χ0v) is 4.46. The van der Waals surface area contributed by atoms with Gasteiger partial charge in [0.2, 0.25) is 5.91 Å². The molecule has 0 unspecified atom stereocenters. The molecule has 1 radical (unpaired) electrons. The van der Waals surface area contributed by atoms with Gasteiger partial charge in [-0.3, -0.25) is 4.79 Å². The van der Waals surface area contributed by atoms with E-state index >= 15 is 0 Å². The van der Waals surface area contributed by atoms with Crippen molar-refractivity contribution in [3.05, 3.63) is 6.42 Å². The van der Waals surface area contributed by atoms with Gasteiger partial charge in [0, 0.05) is 13.0 Å². The van der Waals surface area contributed by atoms with Gasteiger partial charge in [0.15, 0.2) is 0 Å². The summed E-state index contributed by atoms with van der Waals surface area (Å²) >= 11 is 0. The minimum atomic E-state index is -0.421. The second kappa shape index (κ2) is 2.13. The fourth-order valence-electron chi connectivity index (χ4n) is 0.681. The van der Waals surface area contributed by atoms with Gasteiger partial charge in [-0.15, -0.1) is 0 Å². The first-order chi connectivity index (χ1) is 3.80. The van der Waals surface area contributed by atoms with E-state index in [9.17, 15) is 4.79 Å². The molecular weight excluding hydrogens is 106 g/mol. The molecule has 0 aromatic rings. The van der Waals surface area contributed by atoms with Crippen molar-refractivity contribution in [2.24, 2.45) is 5.73 Å². The van der Waals surface area contributed by atoms with Crippen LogP contribution in [0, 0.1) is 6.42 Å². The third-order valence-electron chi connectivity index (χ3n) is 1.08. The molecule has 0 spiro atoms. The van der Waals surface area contributed by atoms with E-state index in [0.717, 1.165) is 6.42 Å². The summed E-state index contributed by atoms with van der Waals surface area (Å²) in [6, 6.07) is 0. The molecule has 0 aliphatic carbocycles. The van der Waals surface area contributed by atoms with E-state index in [0.29, 0.717) is 6.61 Å². The minimum Gasteiger partial charge on any atom is -0.368 e. The third-order valence-corrected chi connectivity index (χ3v) is 1.08. The largest absolute Gasteiger partial charge is 0.368 e. The summed E-state index contributed by atoms with van der Waals surface area (Å²) in [6.07, 6.45) is 2.20. The Morgan fingerprint density at radius 3 is 2.88 bits per heavy atom. The van der Waals surface area contributed by atoms with E-state index in [1.54, 1.807) is 6.42 Å². The SMILES string of the molecule is NC(=O)[C@@H]1[CH]CCO1. The zero-order valence-electron chi connectivity index (χ0n) is 4.46. The van der Waals surface area contributed by atoms with Gasteiger partial charge >= 0.3 is 0 Å². The van der Waals surface area contributed by atoms with Gasteiger partial charge < -0.3 is 10.5 Å². The number of carbonyl (C=O) groups excluding carboxylic acids is 1. The molecule has 0 aromatic heterocycles. The van der Waals surface area contributed by atoms with Crippen LogP contribution >= 0.6 is 0 Å². The number of primary amides is 1. The molecule has 0 bridgehead atoms. The van der Waals surface area contributed by atoms with Crippen LogP contribution in [0.4, 0.5) is 0 Å². The average Bonchev–Trinajstić information content (AvgIpc) is 2.12. The van der Waals surface area contributed by atoms with Crippen LogP contribution in [-0.4, -0.2) is 18.6 Å². The van der Waals surface area contributed by atoms with Crippen molar-refractivity contribution < 1.29 is 9.53 Å². The van der Waals surface area contributed by atoms with Crippen molar-refractivity contribution in [3.8, 4) is 0 Å². The number of rotatable bonds is 1. The first-order valence-corrected chi connectivity index (χ1v) is 2.55. The van der Waals surface area contributed by atoms with Crippen molar-refractivity contribution in [1.82, 2.24) is 0 Å². The maximum atomic E-state index is 10.3. The topological polar surface area (TPSA) is 52.3 Å². The summed E-state index contributed by atoms with van der Waals surface area (Å²) in [7, 11) is 0. The Morgan fingerprint density at radius 2 is 2.62 bits per heavy atom. The lowest BCUT2D eigenvalue weighted by Crippen LogP contribution is -2.27. The van der Waals surface area contributed by atoms with Gasteiger partial charge in [-0.25, -0.2) is 0 Å². The van der Waals surface area contributed by atoms with Gasteiger partial charge in [-0.2, -0.15) is 0 Å². The Morgan fingerprint density at radius 1 is 1.88 bits per heavy atom. The molecule has 0 aromatic carbocycles. The standard InChI is InChI=1S/C5H8NO2/c6-5(7)4-2-1-3-8-4/h2,4H,1,3H2,(H2,6,7)/t4-/m0/s1. The van der Waals surface area contributed by atoms with Crippen LogP contribution in [0.5, 0.6) is 0 Å². The van der Waals surface area contributed by atoms with Crippen LogP contribution in [0.1, 0.15) is 6.42 Å². The van der Waals surface area contributed by atoms with Crippen molar-refractivity contribution in [1.29, 1.82) is 0 Å². The number of amides is 1. The highest BCUT2D eigenvalue weighted by atomic mass is 16.5. The maximum absolute atomic E-state index is 10.3. The lowest BCUT2D eigenvalue weighted by Gasteiger charge is -1.99. The molecule has 1 rings (SSSR count). The van der Waals surface area contributed by atoms with Gasteiger partial charge in [-0.1, -0.05) is 0 Å². The van der Waals surface area contributed by atoms with Crippen molar-refractivity contribution >= 4 is 5.91 Å². The van der Waals surface area contributed by atoms with Gasteiger partial charge in [0.1, 0.15) is 6.10 Å². The van der Waals surface area contributed by atoms with Gasteiger partial charge in [-0.05, 0) is 6.42 Å². The highest BCUT2D eigenvalue weighted by Crippen LogP contribution is 2.08. The lowest BCUT2D eigenvalue weighted by molar-refractivity contribution is -0.125. The molecule has 1 fully saturated rings. The van der Waals surface area contributed by atoms with E-state index in [1.165, 1.54) is 0 Å². The molecular formula is C5H8NO2. The molecule has 1 aliphatic heterocycles. The van der Waals surface area contributed by atoms with Crippen molar-refractivity contribution in [2.75, 3.05) is 6.61 Å². The first kappa shape index (κ1) is 5.56. The Labute approximate surface area is 47.8 Å². The third kappa shape index (κ3) is 0.980. The van der Waals surface area contributed by atoms with E-state index in [1.807, 2.05) is 0 Å². The van der Waals surface area contributed by atoms with Crippen molar-refractivity contribution in [2.45, 2.75) is 12.5 Å². The van der Waals surface area contributed by atoms with E-state index in [-0.39, 0.29) is 5.91 Å². The average molecular weight is 114 g/mol. The first-order valence-electron chi connectivity index (χ1n) is 2.55.